The summed E-state index contributed by atoms with van der Waals surface area (Å²) in [7, 11) is 1.66. The lowest BCUT2D eigenvalue weighted by molar-refractivity contribution is -0.114. The van der Waals surface area contributed by atoms with Gasteiger partial charge >= 0.3 is 0 Å². The van der Waals surface area contributed by atoms with E-state index in [1.165, 1.54) is 6.08 Å². The number of ketones is 1. The van der Waals surface area contributed by atoms with Gasteiger partial charge in [0.1, 0.15) is 5.75 Å². The summed E-state index contributed by atoms with van der Waals surface area (Å²) in [6.07, 6.45) is 1.80. The van der Waals surface area contributed by atoms with Gasteiger partial charge in [-0.1, -0.05) is 6.58 Å². The third kappa shape index (κ3) is 2.32. The molecule has 1 aromatic carbocycles. The minimum Gasteiger partial charge on any atom is -0.496 e. The van der Waals surface area contributed by atoms with Gasteiger partial charge < -0.3 is 4.74 Å². The van der Waals surface area contributed by atoms with Crippen molar-refractivity contribution >= 4 is 5.78 Å². The average molecular weight is 218 g/mol. The van der Waals surface area contributed by atoms with Crippen molar-refractivity contribution in [3.8, 4) is 5.75 Å². The molecule has 0 bridgehead atoms. The molecule has 0 saturated heterocycles. The van der Waals surface area contributed by atoms with Gasteiger partial charge in [-0.25, -0.2) is 0 Å². The summed E-state index contributed by atoms with van der Waals surface area (Å²) < 4.78 is 5.29. The zero-order valence-electron chi connectivity index (χ0n) is 10.4. The predicted octanol–water partition coefficient (Wildman–Crippen LogP) is 2.92. The molecule has 0 unspecified atom stereocenters. The summed E-state index contributed by atoms with van der Waals surface area (Å²) in [5.41, 5.74) is 4.41. The zero-order chi connectivity index (χ0) is 12.3. The van der Waals surface area contributed by atoms with Gasteiger partial charge in [-0.3, -0.25) is 4.79 Å². The lowest BCUT2D eigenvalue weighted by Crippen LogP contribution is -2.05. The van der Waals surface area contributed by atoms with E-state index in [1.54, 1.807) is 7.11 Å². The maximum Gasteiger partial charge on any atom is 0.159 e. The molecule has 0 fully saturated rings. The molecule has 0 heterocycles. The fraction of sp³-hybridized carbons (Fsp3) is 0.357. The Morgan fingerprint density at radius 1 is 1.38 bits per heavy atom. The smallest absolute Gasteiger partial charge is 0.159 e. The van der Waals surface area contributed by atoms with Gasteiger partial charge in [0, 0.05) is 6.42 Å². The van der Waals surface area contributed by atoms with Crippen LogP contribution in [0.15, 0.2) is 18.7 Å². The van der Waals surface area contributed by atoms with E-state index in [4.69, 9.17) is 4.74 Å². The molecule has 1 rings (SSSR count). The molecule has 2 heteroatoms. The minimum absolute atomic E-state index is 0.0516. The summed E-state index contributed by atoms with van der Waals surface area (Å²) in [6.45, 7) is 9.53. The lowest BCUT2D eigenvalue weighted by atomic mass is 9.94. The van der Waals surface area contributed by atoms with Crippen molar-refractivity contribution in [2.45, 2.75) is 27.2 Å². The number of rotatable bonds is 4. The molecule has 0 aromatic heterocycles. The topological polar surface area (TPSA) is 26.3 Å². The summed E-state index contributed by atoms with van der Waals surface area (Å²) in [5.74, 6) is 0.931. The van der Waals surface area contributed by atoms with Crippen LogP contribution < -0.4 is 4.74 Å². The molecule has 0 atom stereocenters. The van der Waals surface area contributed by atoms with Gasteiger partial charge in [-0.2, -0.15) is 0 Å². The van der Waals surface area contributed by atoms with E-state index in [0.29, 0.717) is 6.42 Å². The van der Waals surface area contributed by atoms with Crippen molar-refractivity contribution in [3.05, 3.63) is 41.0 Å². The normalized spacial score (nSPS) is 10.0. The van der Waals surface area contributed by atoms with E-state index in [1.807, 2.05) is 26.8 Å². The highest BCUT2D eigenvalue weighted by Gasteiger charge is 2.12. The molecular formula is C14H18O2. The predicted molar refractivity (Wildman–Crippen MR) is 66.1 cm³/mol. The van der Waals surface area contributed by atoms with Gasteiger partial charge in [0.2, 0.25) is 0 Å². The zero-order valence-corrected chi connectivity index (χ0v) is 10.4. The van der Waals surface area contributed by atoms with E-state index in [0.717, 1.165) is 28.0 Å². The monoisotopic (exact) mass is 218 g/mol. The van der Waals surface area contributed by atoms with Crippen molar-refractivity contribution in [2.75, 3.05) is 7.11 Å². The number of methoxy groups -OCH3 is 1. The lowest BCUT2D eigenvalue weighted by Gasteiger charge is -2.15. The van der Waals surface area contributed by atoms with Crippen LogP contribution in [0.3, 0.4) is 0 Å². The summed E-state index contributed by atoms with van der Waals surface area (Å²) in [4.78, 5) is 11.4. The van der Waals surface area contributed by atoms with Crippen LogP contribution in [0.4, 0.5) is 0 Å². The van der Waals surface area contributed by atoms with Crippen LogP contribution in [0.5, 0.6) is 5.75 Å². The van der Waals surface area contributed by atoms with Crippen LogP contribution in [0, 0.1) is 20.8 Å². The molecule has 0 spiro atoms. The number of benzene rings is 1. The van der Waals surface area contributed by atoms with Crippen molar-refractivity contribution in [3.63, 3.8) is 0 Å². The summed E-state index contributed by atoms with van der Waals surface area (Å²) >= 11 is 0. The molecule has 16 heavy (non-hydrogen) atoms. The van der Waals surface area contributed by atoms with Crippen LogP contribution in [-0.2, 0) is 11.2 Å². The Bertz CT molecular complexity index is 431. The molecule has 0 amide bonds. The molecule has 0 N–H and O–H groups in total. The van der Waals surface area contributed by atoms with Crippen LogP contribution in [0.2, 0.25) is 0 Å². The van der Waals surface area contributed by atoms with E-state index >= 15 is 0 Å². The molecule has 0 saturated carbocycles. The van der Waals surface area contributed by atoms with Crippen LogP contribution in [-0.4, -0.2) is 12.9 Å². The number of aryl methyl sites for hydroxylation is 1. The molecular weight excluding hydrogens is 200 g/mol. The molecule has 0 radical (unpaired) electrons. The molecule has 0 aliphatic heterocycles. The quantitative estimate of drug-likeness (QED) is 0.726. The first-order valence-corrected chi connectivity index (χ1v) is 5.30. The second-order valence-corrected chi connectivity index (χ2v) is 3.97. The third-order valence-electron chi connectivity index (χ3n) is 3.01. The van der Waals surface area contributed by atoms with Crippen molar-refractivity contribution in [2.24, 2.45) is 0 Å². The van der Waals surface area contributed by atoms with Crippen molar-refractivity contribution in [1.82, 2.24) is 0 Å². The van der Waals surface area contributed by atoms with E-state index in [-0.39, 0.29) is 5.78 Å². The minimum atomic E-state index is 0.0516. The second-order valence-electron chi connectivity index (χ2n) is 3.97. The van der Waals surface area contributed by atoms with Crippen molar-refractivity contribution in [1.29, 1.82) is 0 Å². The van der Waals surface area contributed by atoms with Crippen LogP contribution in [0.1, 0.15) is 22.3 Å². The van der Waals surface area contributed by atoms with Crippen molar-refractivity contribution < 1.29 is 9.53 Å². The standard InChI is InChI=1S/C14H18O2/c1-6-12(15)8-13-9(2)7-14(16-5)11(4)10(13)3/h6-7H,1,8H2,2-5H3. The van der Waals surface area contributed by atoms with Gasteiger partial charge in [0.15, 0.2) is 5.78 Å². The van der Waals surface area contributed by atoms with Gasteiger partial charge in [0.05, 0.1) is 7.11 Å². The average Bonchev–Trinajstić information content (AvgIpc) is 2.28. The Labute approximate surface area is 96.9 Å². The second kappa shape index (κ2) is 4.97. The molecule has 0 aliphatic carbocycles. The fourth-order valence-corrected chi connectivity index (χ4v) is 1.83. The number of hydrogen-bond acceptors (Lipinski definition) is 2. The number of allylic oxidation sites excluding steroid dienone is 1. The first kappa shape index (κ1) is 12.5. The first-order valence-electron chi connectivity index (χ1n) is 5.30. The summed E-state index contributed by atoms with van der Waals surface area (Å²) in [6, 6.07) is 1.98. The molecule has 86 valence electrons. The molecule has 0 aliphatic rings. The van der Waals surface area contributed by atoms with Gasteiger partial charge in [-0.15, -0.1) is 0 Å². The van der Waals surface area contributed by atoms with E-state index in [9.17, 15) is 4.79 Å². The van der Waals surface area contributed by atoms with E-state index < -0.39 is 0 Å². The van der Waals surface area contributed by atoms with Crippen LogP contribution in [0.25, 0.3) is 0 Å². The maximum absolute atomic E-state index is 11.4. The highest BCUT2D eigenvalue weighted by atomic mass is 16.5. The Balaban J connectivity index is 3.25. The molecule has 2 nitrogen and oxygen atoms in total. The summed E-state index contributed by atoms with van der Waals surface area (Å²) in [5, 5.41) is 0. The van der Waals surface area contributed by atoms with Gasteiger partial charge in [0.25, 0.3) is 0 Å². The highest BCUT2D eigenvalue weighted by Crippen LogP contribution is 2.27. The third-order valence-corrected chi connectivity index (χ3v) is 3.01. The fourth-order valence-electron chi connectivity index (χ4n) is 1.83. The number of carbonyl (C=O) groups excluding carboxylic acids is 1. The van der Waals surface area contributed by atoms with E-state index in [2.05, 4.69) is 6.58 Å². The number of ether oxygens (including phenoxy) is 1. The SMILES string of the molecule is C=CC(=O)Cc1c(C)cc(OC)c(C)c1C. The highest BCUT2D eigenvalue weighted by molar-refractivity contribution is 5.91. The number of hydrogen-bond donors (Lipinski definition) is 0. The Hall–Kier alpha value is -1.57. The Kier molecular flexibility index (Phi) is 3.88. The Morgan fingerprint density at radius 2 is 2.00 bits per heavy atom. The van der Waals surface area contributed by atoms with Crippen LogP contribution >= 0.6 is 0 Å². The Morgan fingerprint density at radius 3 is 2.50 bits per heavy atom. The maximum atomic E-state index is 11.4. The largest absolute Gasteiger partial charge is 0.496 e. The molecule has 1 aromatic rings. The number of carbonyl (C=O) groups is 1. The van der Waals surface area contributed by atoms with Gasteiger partial charge in [-0.05, 0) is 55.2 Å². The first-order chi connectivity index (χ1) is 7.51.